The Bertz CT molecular complexity index is 14.4. The third-order valence-electron chi connectivity index (χ3n) is 0. The third-order valence-corrected chi connectivity index (χ3v) is 0. The topological polar surface area (TPSA) is 69.9 Å². The molecule has 28 valence electrons. The molecular formula is H2BNO3. The van der Waals surface area contributed by atoms with Crippen LogP contribution in [0.4, 0.5) is 0 Å². The number of hydrogen-bond acceptors (Lipinski definition) is 3. The predicted octanol–water partition coefficient (Wildman–Crippen LogP) is -0.796. The van der Waals surface area contributed by atoms with Crippen molar-refractivity contribution in [3.63, 3.8) is 0 Å². The highest BCUT2D eigenvalue weighted by molar-refractivity contribution is 5.95. The molecule has 2 N–H and O–H groups in total. The maximum atomic E-state index is 8.11. The highest BCUT2D eigenvalue weighted by atomic mass is 16.6. The summed E-state index contributed by atoms with van der Waals surface area (Å²) in [5.74, 6) is 0. The molecule has 0 aliphatic heterocycles. The Hall–Kier alpha value is -0.575. The molecular weight excluding hydrogens is 72.8 g/mol. The minimum absolute atomic E-state index is 1.25. The zero-order valence-corrected chi connectivity index (χ0v) is 2.33. The fourth-order valence-electron chi connectivity index (χ4n) is 0. The molecule has 0 aromatic rings. The lowest BCUT2D eigenvalue weighted by Gasteiger charge is -1.32. The van der Waals surface area contributed by atoms with E-state index in [1.54, 1.807) is 0 Å². The Morgan fingerprint density at radius 1 is 1.60 bits per heavy atom. The minimum Gasteiger partial charge on any atom is -0.461 e. The van der Waals surface area contributed by atoms with Crippen LogP contribution in [0.1, 0.15) is 0 Å². The molecule has 0 aromatic heterocycles. The molecule has 0 rings (SSSR count). The van der Waals surface area contributed by atoms with Gasteiger partial charge in [-0.3, -0.25) is 0 Å². The van der Waals surface area contributed by atoms with Gasteiger partial charge in [-0.2, -0.15) is 0 Å². The van der Waals surface area contributed by atoms with Crippen molar-refractivity contribution in [2.45, 2.75) is 0 Å². The van der Waals surface area contributed by atoms with Gasteiger partial charge in [-0.25, -0.2) is 0 Å². The Kier molecular flexibility index (Phi) is 197. The van der Waals surface area contributed by atoms with Gasteiger partial charge in [0.1, 0.15) is 0 Å². The third kappa shape index (κ3) is 21.0. The van der Waals surface area contributed by atoms with Crippen LogP contribution in [-0.2, 0) is 0 Å². The number of rotatable bonds is 0. The molecule has 0 unspecified atom stereocenters. The van der Waals surface area contributed by atoms with Gasteiger partial charge in [0.25, 0.3) is 8.05 Å². The van der Waals surface area contributed by atoms with Crippen LogP contribution in [0.5, 0.6) is 0 Å². The summed E-state index contributed by atoms with van der Waals surface area (Å²) in [4.78, 5) is 8.11. The van der Waals surface area contributed by atoms with Gasteiger partial charge in [-0.05, 0) is 0 Å². The van der Waals surface area contributed by atoms with Gasteiger partial charge in [0.2, 0.25) is 0 Å². The van der Waals surface area contributed by atoms with Gasteiger partial charge in [-0.1, -0.05) is 0 Å². The van der Waals surface area contributed by atoms with Crippen LogP contribution in [0, 0.1) is 4.91 Å². The van der Waals surface area contributed by atoms with Gasteiger partial charge in [-0.15, -0.1) is 4.91 Å². The average molecular weight is 74.8 g/mol. The lowest BCUT2D eigenvalue weighted by molar-refractivity contribution is 0.312. The molecule has 0 saturated heterocycles. The lowest BCUT2D eigenvalue weighted by atomic mass is 10.6. The van der Waals surface area contributed by atoms with Crippen molar-refractivity contribution in [1.29, 1.82) is 0 Å². The molecule has 0 amide bonds. The van der Waals surface area contributed by atoms with Gasteiger partial charge >= 0.3 is 0 Å². The van der Waals surface area contributed by atoms with Gasteiger partial charge in [0, 0.05) is 0 Å². The van der Waals surface area contributed by atoms with Crippen LogP contribution < -0.4 is 0 Å². The fraction of sp³-hybridized carbons (Fsp3) is 0. The first kappa shape index (κ1) is 8.83. The summed E-state index contributed by atoms with van der Waals surface area (Å²) in [7, 11) is 3.50. The molecule has 2 radical (unpaired) electrons. The van der Waals surface area contributed by atoms with Crippen LogP contribution in [-0.4, -0.2) is 18.3 Å². The van der Waals surface area contributed by atoms with E-state index in [0.717, 1.165) is 0 Å². The highest BCUT2D eigenvalue weighted by Crippen LogP contribution is 1.25. The summed E-state index contributed by atoms with van der Waals surface area (Å²) in [5, 5.41) is 14.4. The van der Waals surface area contributed by atoms with Crippen LogP contribution in [0.15, 0.2) is 5.34 Å². The molecule has 0 aliphatic rings. The van der Waals surface area contributed by atoms with Crippen LogP contribution in [0.3, 0.4) is 0 Å². The highest BCUT2D eigenvalue weighted by Gasteiger charge is 1.18. The molecule has 0 spiro atoms. The fourth-order valence-corrected chi connectivity index (χ4v) is 0. The van der Waals surface area contributed by atoms with E-state index in [1.807, 2.05) is 0 Å². The second-order valence-electron chi connectivity index (χ2n) is 0.0816. The summed E-state index contributed by atoms with van der Waals surface area (Å²) < 4.78 is 0. The number of hydrogen-bond donors (Lipinski definition) is 2. The van der Waals surface area contributed by atoms with Gasteiger partial charge in [0.05, 0.1) is 0 Å². The van der Waals surface area contributed by atoms with Crippen LogP contribution in [0.2, 0.25) is 0 Å². The van der Waals surface area contributed by atoms with Crippen LogP contribution in [0.25, 0.3) is 0 Å². The molecule has 0 fully saturated rings. The van der Waals surface area contributed by atoms with E-state index in [-0.39, 0.29) is 0 Å². The Balaban J connectivity index is 0. The van der Waals surface area contributed by atoms with Gasteiger partial charge in [0.15, 0.2) is 5.34 Å². The van der Waals surface area contributed by atoms with E-state index >= 15 is 0 Å². The van der Waals surface area contributed by atoms with E-state index in [1.165, 1.54) is 5.34 Å². The molecule has 5 heavy (non-hydrogen) atoms. The molecule has 4 nitrogen and oxygen atoms in total. The van der Waals surface area contributed by atoms with Crippen molar-refractivity contribution in [2.24, 2.45) is 5.34 Å². The molecule has 0 atom stereocenters. The summed E-state index contributed by atoms with van der Waals surface area (Å²) in [6.07, 6.45) is 0. The molecule has 5 heteroatoms. The predicted molar refractivity (Wildman–Crippen MR) is 15.6 cm³/mol. The monoisotopic (exact) mass is 75.0 g/mol. The van der Waals surface area contributed by atoms with Crippen molar-refractivity contribution in [2.75, 3.05) is 0 Å². The second-order valence-corrected chi connectivity index (χ2v) is 0.0816. The van der Waals surface area contributed by atoms with Crippen molar-refractivity contribution < 1.29 is 10.2 Å². The minimum atomic E-state index is 1.25. The Labute approximate surface area is 29.8 Å². The second kappa shape index (κ2) is 112. The maximum Gasteiger partial charge on any atom is 0.277 e. The van der Waals surface area contributed by atoms with Gasteiger partial charge < -0.3 is 10.2 Å². The quantitative estimate of drug-likeness (QED) is 0.225. The summed E-state index contributed by atoms with van der Waals surface area (Å²) >= 11 is 0. The summed E-state index contributed by atoms with van der Waals surface area (Å²) in [5.41, 5.74) is 0. The van der Waals surface area contributed by atoms with Crippen LogP contribution >= 0.6 is 0 Å². The van der Waals surface area contributed by atoms with E-state index in [2.05, 4.69) is 8.05 Å². The normalized spacial score (nSPS) is 3.40. The zero-order chi connectivity index (χ0) is 4.71. The Morgan fingerprint density at radius 2 is 1.60 bits per heavy atom. The van der Waals surface area contributed by atoms with E-state index in [4.69, 9.17) is 15.1 Å². The van der Waals surface area contributed by atoms with E-state index in [0.29, 0.717) is 0 Å². The zero-order valence-electron chi connectivity index (χ0n) is 2.33. The smallest absolute Gasteiger partial charge is 0.277 e. The SMILES string of the molecule is O=NO.[B]O. The molecule has 0 aromatic carbocycles. The number of nitrogens with zero attached hydrogens (tertiary/aromatic N) is 1. The van der Waals surface area contributed by atoms with Crippen molar-refractivity contribution in [1.82, 2.24) is 0 Å². The van der Waals surface area contributed by atoms with Crippen molar-refractivity contribution >= 4 is 8.05 Å². The molecule has 0 heterocycles. The van der Waals surface area contributed by atoms with Crippen molar-refractivity contribution in [3.8, 4) is 0 Å². The molecule has 0 bridgehead atoms. The van der Waals surface area contributed by atoms with Crippen molar-refractivity contribution in [3.05, 3.63) is 4.91 Å². The Morgan fingerprint density at radius 3 is 1.60 bits per heavy atom. The average Bonchev–Trinajstić information content (AvgIpc) is 1.46. The summed E-state index contributed by atoms with van der Waals surface area (Å²) in [6, 6.07) is 0. The molecule has 0 saturated carbocycles. The standard InChI is InChI=1S/BHO.HNO2/c1-2;2-1-3/h2H;(H,2,3). The van der Waals surface area contributed by atoms with E-state index in [9.17, 15) is 0 Å². The first-order valence-electron chi connectivity index (χ1n) is 0.641. The lowest BCUT2D eigenvalue weighted by Crippen LogP contribution is -1.34. The van der Waals surface area contributed by atoms with E-state index < -0.39 is 0 Å². The summed E-state index contributed by atoms with van der Waals surface area (Å²) in [6.45, 7) is 0. The first-order chi connectivity index (χ1) is 2.41. The molecule has 0 aliphatic carbocycles. The maximum absolute atomic E-state index is 8.11. The largest absolute Gasteiger partial charge is 0.461 e. The first-order valence-corrected chi connectivity index (χ1v) is 0.641.